The minimum absolute atomic E-state index is 0.0376. The number of amides is 1. The van der Waals surface area contributed by atoms with E-state index < -0.39 is 0 Å². The van der Waals surface area contributed by atoms with Crippen molar-refractivity contribution < 1.29 is 9.21 Å². The molecule has 6 nitrogen and oxygen atoms in total. The summed E-state index contributed by atoms with van der Waals surface area (Å²) in [5.74, 6) is 1.86. The Morgan fingerprint density at radius 3 is 2.52 bits per heavy atom. The van der Waals surface area contributed by atoms with Gasteiger partial charge in [-0.05, 0) is 36.6 Å². The molecule has 0 bridgehead atoms. The summed E-state index contributed by atoms with van der Waals surface area (Å²) in [4.78, 5) is 20.9. The molecule has 2 atom stereocenters. The number of aryl methyl sites for hydroxylation is 1. The molecule has 2 fully saturated rings. The first-order valence-electron chi connectivity index (χ1n) is 9.54. The van der Waals surface area contributed by atoms with Crippen LogP contribution in [-0.2, 0) is 0 Å². The number of nitrogens with one attached hydrogen (secondary N) is 1. The van der Waals surface area contributed by atoms with Gasteiger partial charge in [0, 0.05) is 45.2 Å². The van der Waals surface area contributed by atoms with Crippen LogP contribution >= 0.6 is 0 Å². The molecule has 2 heterocycles. The first-order valence-corrected chi connectivity index (χ1v) is 9.54. The maximum absolute atomic E-state index is 12.4. The number of benzene rings is 1. The van der Waals surface area contributed by atoms with Crippen LogP contribution in [0.15, 0.2) is 52.1 Å². The van der Waals surface area contributed by atoms with Crippen LogP contribution in [0.4, 0.5) is 0 Å². The van der Waals surface area contributed by atoms with Crippen molar-refractivity contribution in [3.8, 4) is 0 Å². The maximum atomic E-state index is 12.4. The lowest BCUT2D eigenvalue weighted by atomic mass is 10.0. The predicted octanol–water partition coefficient (Wildman–Crippen LogP) is 2.48. The molecule has 4 rings (SSSR count). The second-order valence-corrected chi connectivity index (χ2v) is 7.25. The molecule has 1 saturated carbocycles. The minimum Gasteiger partial charge on any atom is -0.459 e. The summed E-state index contributed by atoms with van der Waals surface area (Å²) >= 11 is 0. The lowest BCUT2D eigenvalue weighted by Crippen LogP contribution is -2.54. The van der Waals surface area contributed by atoms with Crippen molar-refractivity contribution >= 4 is 11.9 Å². The maximum Gasteiger partial charge on any atom is 0.289 e. The summed E-state index contributed by atoms with van der Waals surface area (Å²) in [6.45, 7) is 5.06. The Hall–Kier alpha value is -2.76. The van der Waals surface area contributed by atoms with Gasteiger partial charge in [0.15, 0.2) is 11.7 Å². The third-order valence-electron chi connectivity index (χ3n) is 5.50. The first-order chi connectivity index (χ1) is 13.2. The fourth-order valence-electron chi connectivity index (χ4n) is 3.84. The third-order valence-corrected chi connectivity index (χ3v) is 5.50. The van der Waals surface area contributed by atoms with Crippen LogP contribution in [0, 0.1) is 6.92 Å². The van der Waals surface area contributed by atoms with Crippen LogP contribution in [0.1, 0.15) is 34.0 Å². The second kappa shape index (κ2) is 7.47. The molecule has 2 aliphatic rings. The fraction of sp³-hybridized carbons (Fsp3) is 0.429. The molecule has 0 spiro atoms. The van der Waals surface area contributed by atoms with E-state index in [1.54, 1.807) is 12.1 Å². The second-order valence-electron chi connectivity index (χ2n) is 7.25. The van der Waals surface area contributed by atoms with Crippen LogP contribution in [0.2, 0.25) is 0 Å². The topological polar surface area (TPSA) is 61.1 Å². The number of nitrogens with zero attached hydrogens (tertiary/aromatic N) is 3. The van der Waals surface area contributed by atoms with Gasteiger partial charge < -0.3 is 19.5 Å². The van der Waals surface area contributed by atoms with Gasteiger partial charge in [-0.2, -0.15) is 0 Å². The zero-order valence-electron chi connectivity index (χ0n) is 15.9. The standard InChI is InChI=1S/C21H26N4O2/c1-15-6-3-4-7-16(15)17-14-18(17)23-21(22-2)25-11-9-24(10-12-25)20(26)19-8-5-13-27-19/h3-8,13,17-18H,9-12,14H2,1-2H3,(H,22,23). The van der Waals surface area contributed by atoms with E-state index in [0.29, 0.717) is 30.8 Å². The smallest absolute Gasteiger partial charge is 0.289 e. The molecule has 1 aromatic carbocycles. The van der Waals surface area contributed by atoms with E-state index in [0.717, 1.165) is 25.5 Å². The third kappa shape index (κ3) is 3.70. The Morgan fingerprint density at radius 2 is 1.85 bits per heavy atom. The monoisotopic (exact) mass is 366 g/mol. The number of guanidine groups is 1. The Kier molecular flexibility index (Phi) is 4.88. The molecule has 1 aliphatic heterocycles. The van der Waals surface area contributed by atoms with Crippen LogP contribution in [0.25, 0.3) is 0 Å². The predicted molar refractivity (Wildman–Crippen MR) is 105 cm³/mol. The highest BCUT2D eigenvalue weighted by molar-refractivity contribution is 5.91. The van der Waals surface area contributed by atoms with Crippen LogP contribution in [0.3, 0.4) is 0 Å². The Balaban J connectivity index is 1.31. The normalized spacial score (nSPS) is 22.7. The highest BCUT2D eigenvalue weighted by Crippen LogP contribution is 2.42. The van der Waals surface area contributed by atoms with Gasteiger partial charge in [0.2, 0.25) is 0 Å². The summed E-state index contributed by atoms with van der Waals surface area (Å²) in [6, 6.07) is 12.5. The number of carbonyl (C=O) groups is 1. The van der Waals surface area contributed by atoms with Crippen molar-refractivity contribution in [2.24, 2.45) is 4.99 Å². The van der Waals surface area contributed by atoms with E-state index in [1.807, 2.05) is 11.9 Å². The van der Waals surface area contributed by atoms with Crippen molar-refractivity contribution in [3.05, 3.63) is 59.5 Å². The largest absolute Gasteiger partial charge is 0.459 e. The molecule has 2 unspecified atom stereocenters. The van der Waals surface area contributed by atoms with Crippen molar-refractivity contribution in [2.45, 2.75) is 25.3 Å². The van der Waals surface area contributed by atoms with Crippen LogP contribution in [0.5, 0.6) is 0 Å². The van der Waals surface area contributed by atoms with Gasteiger partial charge in [0.1, 0.15) is 0 Å². The summed E-state index contributed by atoms with van der Waals surface area (Å²) in [5, 5.41) is 3.61. The van der Waals surface area contributed by atoms with Gasteiger partial charge in [-0.3, -0.25) is 9.79 Å². The molecule has 2 aromatic rings. The first kappa shape index (κ1) is 17.6. The average molecular weight is 366 g/mol. The number of piperazine rings is 1. The van der Waals surface area contributed by atoms with E-state index in [2.05, 4.69) is 46.4 Å². The molecule has 142 valence electrons. The molecule has 0 radical (unpaired) electrons. The van der Waals surface area contributed by atoms with E-state index >= 15 is 0 Å². The lowest BCUT2D eigenvalue weighted by Gasteiger charge is -2.36. The fourth-order valence-corrected chi connectivity index (χ4v) is 3.84. The zero-order valence-corrected chi connectivity index (χ0v) is 15.9. The number of aliphatic imine (C=N–C) groups is 1. The molecule has 1 saturated heterocycles. The van der Waals surface area contributed by atoms with Crippen LogP contribution in [-0.4, -0.2) is 60.9 Å². The molecule has 1 amide bonds. The van der Waals surface area contributed by atoms with Gasteiger partial charge in [0.25, 0.3) is 5.91 Å². The lowest BCUT2D eigenvalue weighted by molar-refractivity contribution is 0.0657. The van der Waals surface area contributed by atoms with E-state index in [1.165, 1.54) is 17.4 Å². The molecular formula is C21H26N4O2. The van der Waals surface area contributed by atoms with Crippen molar-refractivity contribution in [1.82, 2.24) is 15.1 Å². The highest BCUT2D eigenvalue weighted by Gasteiger charge is 2.40. The van der Waals surface area contributed by atoms with Crippen molar-refractivity contribution in [1.29, 1.82) is 0 Å². The summed E-state index contributed by atoms with van der Waals surface area (Å²) in [6.07, 6.45) is 2.68. The van der Waals surface area contributed by atoms with Crippen LogP contribution < -0.4 is 5.32 Å². The number of hydrogen-bond donors (Lipinski definition) is 1. The van der Waals surface area contributed by atoms with E-state index in [4.69, 9.17) is 4.42 Å². The van der Waals surface area contributed by atoms with Gasteiger partial charge in [-0.25, -0.2) is 0 Å². The highest BCUT2D eigenvalue weighted by atomic mass is 16.3. The van der Waals surface area contributed by atoms with Crippen molar-refractivity contribution in [2.75, 3.05) is 33.2 Å². The Labute approximate surface area is 159 Å². The minimum atomic E-state index is -0.0376. The number of rotatable bonds is 3. The van der Waals surface area contributed by atoms with Gasteiger partial charge in [0.05, 0.1) is 6.26 Å². The quantitative estimate of drug-likeness (QED) is 0.670. The van der Waals surface area contributed by atoms with Crippen molar-refractivity contribution in [3.63, 3.8) is 0 Å². The Morgan fingerprint density at radius 1 is 1.11 bits per heavy atom. The number of furan rings is 1. The molecule has 1 N–H and O–H groups in total. The van der Waals surface area contributed by atoms with E-state index in [9.17, 15) is 4.79 Å². The van der Waals surface area contributed by atoms with Gasteiger partial charge in [-0.1, -0.05) is 24.3 Å². The zero-order chi connectivity index (χ0) is 18.8. The molecule has 1 aliphatic carbocycles. The average Bonchev–Trinajstić information content (AvgIpc) is 3.23. The number of hydrogen-bond acceptors (Lipinski definition) is 3. The van der Waals surface area contributed by atoms with Gasteiger partial charge >= 0.3 is 0 Å². The molecule has 6 heteroatoms. The molecule has 1 aromatic heterocycles. The van der Waals surface area contributed by atoms with E-state index in [-0.39, 0.29) is 5.91 Å². The van der Waals surface area contributed by atoms with Gasteiger partial charge in [-0.15, -0.1) is 0 Å². The summed E-state index contributed by atoms with van der Waals surface area (Å²) in [7, 11) is 1.83. The Bertz CT molecular complexity index is 822. The molecule has 27 heavy (non-hydrogen) atoms. The molecular weight excluding hydrogens is 340 g/mol. The summed E-state index contributed by atoms with van der Waals surface area (Å²) in [5.41, 5.74) is 2.78. The number of carbonyl (C=O) groups excluding carboxylic acids is 1. The summed E-state index contributed by atoms with van der Waals surface area (Å²) < 4.78 is 5.23. The SMILES string of the molecule is CN=C(NC1CC1c1ccccc1C)N1CCN(C(=O)c2ccco2)CC1.